The first kappa shape index (κ1) is 17.5. The molecule has 1 rings (SSSR count). The first-order chi connectivity index (χ1) is 9.90. The van der Waals surface area contributed by atoms with Gasteiger partial charge in [-0.15, -0.1) is 0 Å². The van der Waals surface area contributed by atoms with Crippen molar-refractivity contribution in [1.82, 2.24) is 4.72 Å². The highest BCUT2D eigenvalue weighted by Gasteiger charge is 2.39. The van der Waals surface area contributed by atoms with Gasteiger partial charge in [0.2, 0.25) is 0 Å². The predicted molar refractivity (Wildman–Crippen MR) is 80.6 cm³/mol. The van der Waals surface area contributed by atoms with E-state index in [4.69, 9.17) is 4.74 Å². The highest BCUT2D eigenvalue weighted by Crippen LogP contribution is 2.13. The summed E-state index contributed by atoms with van der Waals surface area (Å²) in [5.41, 5.74) is 0.798. The molecule has 0 aliphatic heterocycles. The van der Waals surface area contributed by atoms with Crippen molar-refractivity contribution in [3.63, 3.8) is 0 Å². The number of carbonyl (C=O) groups excluding carboxylic acids is 1. The second-order valence-electron chi connectivity index (χ2n) is 4.65. The lowest BCUT2D eigenvalue weighted by Crippen LogP contribution is -2.58. The van der Waals surface area contributed by atoms with E-state index in [1.165, 1.54) is 0 Å². The molecule has 1 N–H and O–H groups in total. The Hall–Kier alpha value is -1.60. The van der Waals surface area contributed by atoms with Gasteiger partial charge in [0.15, 0.2) is 0 Å². The van der Waals surface area contributed by atoms with Crippen LogP contribution in [0.3, 0.4) is 0 Å². The molecule has 0 spiro atoms. The highest BCUT2D eigenvalue weighted by molar-refractivity contribution is 7.84. The zero-order chi connectivity index (χ0) is 15.9. The molecule has 1 aromatic rings. The van der Waals surface area contributed by atoms with Gasteiger partial charge in [-0.1, -0.05) is 30.3 Å². The van der Waals surface area contributed by atoms with Crippen LogP contribution in [0.1, 0.15) is 26.3 Å². The molecule has 1 amide bonds. The van der Waals surface area contributed by atoms with E-state index in [0.717, 1.165) is 5.56 Å². The van der Waals surface area contributed by atoms with Gasteiger partial charge in [-0.3, -0.25) is 0 Å². The second-order valence-corrected chi connectivity index (χ2v) is 6.57. The molecule has 21 heavy (non-hydrogen) atoms. The van der Waals surface area contributed by atoms with E-state index in [2.05, 4.69) is 0 Å². The van der Waals surface area contributed by atoms with Crippen molar-refractivity contribution in [2.75, 3.05) is 19.6 Å². The molecule has 0 unspecified atom stereocenters. The van der Waals surface area contributed by atoms with Crippen LogP contribution in [0, 0.1) is 0 Å². The lowest BCUT2D eigenvalue weighted by molar-refractivity contribution is -0.801. The molecule has 0 heterocycles. The maximum atomic E-state index is 12.3. The van der Waals surface area contributed by atoms with Crippen LogP contribution in [-0.4, -0.2) is 38.0 Å². The molecule has 0 aliphatic rings. The third-order valence-electron chi connectivity index (χ3n) is 3.66. The van der Waals surface area contributed by atoms with E-state index in [9.17, 15) is 13.2 Å². The Balaban J connectivity index is 2.69. The summed E-state index contributed by atoms with van der Waals surface area (Å²) in [6, 6.07) is 9.09. The van der Waals surface area contributed by atoms with Gasteiger partial charge in [-0.2, -0.15) is 13.1 Å². The van der Waals surface area contributed by atoms with Crippen molar-refractivity contribution in [2.24, 2.45) is 0 Å². The molecule has 118 valence electrons. The molecular weight excluding hydrogens is 292 g/mol. The van der Waals surface area contributed by atoms with Crippen molar-refractivity contribution < 1.29 is 21.8 Å². The number of nitrogens with zero attached hydrogens (tertiary/aromatic N) is 1. The van der Waals surface area contributed by atoms with E-state index in [1.54, 1.807) is 32.9 Å². The van der Waals surface area contributed by atoms with E-state index in [-0.39, 0.29) is 10.5 Å². The zero-order valence-corrected chi connectivity index (χ0v) is 13.5. The van der Waals surface area contributed by atoms with E-state index < -0.39 is 16.3 Å². The summed E-state index contributed by atoms with van der Waals surface area (Å²) in [7, 11) is -3.82. The molecule has 0 aromatic heterocycles. The van der Waals surface area contributed by atoms with E-state index in [1.807, 2.05) is 22.9 Å². The van der Waals surface area contributed by atoms with Gasteiger partial charge in [-0.25, -0.2) is 8.68 Å². The Morgan fingerprint density at radius 3 is 2.10 bits per heavy atom. The van der Waals surface area contributed by atoms with E-state index in [0.29, 0.717) is 19.6 Å². The number of nitrogens with one attached hydrogen (secondary N) is 1. The average Bonchev–Trinajstić information content (AvgIpc) is 2.48. The number of benzene rings is 1. The SMILES string of the molecule is CC[N+](CC)(CC)S(=O)(=O)NC(=O)OCc1ccccc1. The molecule has 0 aliphatic carbocycles. The first-order valence-electron chi connectivity index (χ1n) is 7.00. The quantitative estimate of drug-likeness (QED) is 0.782. The number of hydrogen-bond acceptors (Lipinski definition) is 4. The predicted octanol–water partition coefficient (Wildman–Crippen LogP) is 2.03. The Morgan fingerprint density at radius 2 is 1.62 bits per heavy atom. The average molecular weight is 315 g/mol. The van der Waals surface area contributed by atoms with Crippen molar-refractivity contribution in [2.45, 2.75) is 27.4 Å². The normalized spacial score (nSPS) is 12.0. The number of ether oxygens (including phenoxy) is 1. The summed E-state index contributed by atoms with van der Waals surface area (Å²) >= 11 is 0. The number of carbonyl (C=O) groups is 1. The summed E-state index contributed by atoms with van der Waals surface area (Å²) in [4.78, 5) is 11.7. The number of hydrogen-bond donors (Lipinski definition) is 1. The minimum absolute atomic E-state index is 0.0343. The molecule has 0 atom stereocenters. The number of amides is 1. The lowest BCUT2D eigenvalue weighted by atomic mass is 10.2. The van der Waals surface area contributed by atoms with Crippen molar-refractivity contribution >= 4 is 16.3 Å². The van der Waals surface area contributed by atoms with Gasteiger partial charge in [0.1, 0.15) is 6.61 Å². The molecule has 1 aromatic carbocycles. The van der Waals surface area contributed by atoms with Crippen molar-refractivity contribution in [3.05, 3.63) is 35.9 Å². The van der Waals surface area contributed by atoms with Crippen LogP contribution in [-0.2, 0) is 21.6 Å². The van der Waals surface area contributed by atoms with Crippen molar-refractivity contribution in [3.8, 4) is 0 Å². The third kappa shape index (κ3) is 4.18. The van der Waals surface area contributed by atoms with Crippen LogP contribution in [0.2, 0.25) is 0 Å². The van der Waals surface area contributed by atoms with Gasteiger partial charge >= 0.3 is 16.3 Å². The molecule has 0 fully saturated rings. The summed E-state index contributed by atoms with van der Waals surface area (Å²) in [6.45, 7) is 6.52. The van der Waals surface area contributed by atoms with Gasteiger partial charge in [0.25, 0.3) is 0 Å². The summed E-state index contributed by atoms with van der Waals surface area (Å²) in [6.07, 6.45) is -0.947. The third-order valence-corrected chi connectivity index (χ3v) is 5.88. The van der Waals surface area contributed by atoms with Crippen LogP contribution in [0.15, 0.2) is 30.3 Å². The maximum absolute atomic E-state index is 12.3. The Kier molecular flexibility index (Phi) is 6.17. The van der Waals surface area contributed by atoms with Gasteiger partial charge in [0, 0.05) is 0 Å². The standard InChI is InChI=1S/C14H22N2O4S/c1-4-16(5-2,6-3)21(18,19)15-14(17)20-12-13-10-8-7-9-11-13/h7-11H,4-6,12H2,1-3H3/p+1. The van der Waals surface area contributed by atoms with Crippen LogP contribution in [0.4, 0.5) is 4.79 Å². The fraction of sp³-hybridized carbons (Fsp3) is 0.500. The van der Waals surface area contributed by atoms with Crippen LogP contribution < -0.4 is 4.72 Å². The minimum Gasteiger partial charge on any atom is -0.444 e. The van der Waals surface area contributed by atoms with Gasteiger partial charge in [-0.05, 0) is 26.3 Å². The summed E-state index contributed by atoms with van der Waals surface area (Å²) in [5, 5.41) is 0. The number of rotatable bonds is 7. The smallest absolute Gasteiger partial charge is 0.425 e. The second kappa shape index (κ2) is 7.42. The molecular formula is C14H23N2O4S+. The molecule has 7 heteroatoms. The molecule has 0 saturated heterocycles. The maximum Gasteiger partial charge on any atom is 0.425 e. The monoisotopic (exact) mass is 315 g/mol. The molecule has 0 radical (unpaired) electrons. The van der Waals surface area contributed by atoms with E-state index >= 15 is 0 Å². The molecule has 0 saturated carbocycles. The summed E-state index contributed by atoms with van der Waals surface area (Å²) < 4.78 is 31.4. The number of quaternary nitrogens is 1. The highest BCUT2D eigenvalue weighted by atomic mass is 32.2. The summed E-state index contributed by atoms with van der Waals surface area (Å²) in [5.74, 6) is 0. The Bertz CT molecular complexity index is 545. The topological polar surface area (TPSA) is 72.5 Å². The fourth-order valence-corrected chi connectivity index (χ4v) is 3.62. The van der Waals surface area contributed by atoms with Crippen LogP contribution >= 0.6 is 0 Å². The fourth-order valence-electron chi connectivity index (χ4n) is 2.14. The largest absolute Gasteiger partial charge is 0.444 e. The van der Waals surface area contributed by atoms with Gasteiger partial charge < -0.3 is 4.74 Å². The lowest BCUT2D eigenvalue weighted by Gasteiger charge is -2.32. The zero-order valence-electron chi connectivity index (χ0n) is 12.7. The molecule has 0 bridgehead atoms. The first-order valence-corrected chi connectivity index (χ1v) is 8.44. The Morgan fingerprint density at radius 1 is 1.10 bits per heavy atom. The molecule has 6 nitrogen and oxygen atoms in total. The van der Waals surface area contributed by atoms with Crippen molar-refractivity contribution in [1.29, 1.82) is 0 Å². The Labute approximate surface area is 126 Å². The van der Waals surface area contributed by atoms with Crippen LogP contribution in [0.25, 0.3) is 0 Å². The van der Waals surface area contributed by atoms with Crippen LogP contribution in [0.5, 0.6) is 0 Å². The minimum atomic E-state index is -3.82. The van der Waals surface area contributed by atoms with Gasteiger partial charge in [0.05, 0.1) is 19.6 Å².